The van der Waals surface area contributed by atoms with Crippen molar-refractivity contribution in [3.8, 4) is 0 Å². The van der Waals surface area contributed by atoms with Gasteiger partial charge in [0.1, 0.15) is 11.6 Å². The Morgan fingerprint density at radius 3 is 2.76 bits per heavy atom. The van der Waals surface area contributed by atoms with Gasteiger partial charge in [0.15, 0.2) is 5.16 Å². The number of carbonyl (C=O) groups is 1. The third-order valence-corrected chi connectivity index (χ3v) is 3.63. The van der Waals surface area contributed by atoms with Gasteiger partial charge in [-0.15, -0.1) is 0 Å². The molecular weight excluding hydrogens is 265 g/mol. The first-order chi connectivity index (χ1) is 7.38. The minimum atomic E-state index is -0.839. The molecule has 0 aliphatic heterocycles. The van der Waals surface area contributed by atoms with Gasteiger partial charge in [0, 0.05) is 0 Å². The molecule has 1 aromatic heterocycles. The molecule has 0 fully saturated rings. The minimum absolute atomic E-state index is 0. The Hall–Kier alpha value is 0.596. The van der Waals surface area contributed by atoms with E-state index in [0.29, 0.717) is 5.16 Å². The third kappa shape index (κ3) is 4.64. The van der Waals surface area contributed by atoms with E-state index in [-0.39, 0.29) is 58.4 Å². The fourth-order valence-electron chi connectivity index (χ4n) is 1.08. The van der Waals surface area contributed by atoms with Crippen molar-refractivity contribution < 1.29 is 62.7 Å². The number of nitrogens with zero attached hydrogens (tertiary/aromatic N) is 3. The summed E-state index contributed by atoms with van der Waals surface area (Å²) in [6, 6.07) is 0. The van der Waals surface area contributed by atoms with Crippen molar-refractivity contribution in [3.05, 3.63) is 6.33 Å². The van der Waals surface area contributed by atoms with Crippen LogP contribution in [0.1, 0.15) is 35.5 Å². The van der Waals surface area contributed by atoms with E-state index in [1.54, 1.807) is 11.6 Å². The van der Waals surface area contributed by atoms with Crippen LogP contribution in [0, 0.1) is 0 Å². The Kier molecular flexibility index (Phi) is 7.50. The second-order valence-corrected chi connectivity index (χ2v) is 5.53. The first kappa shape index (κ1) is 17.6. The van der Waals surface area contributed by atoms with Gasteiger partial charge in [0.05, 0.1) is 5.54 Å². The Labute approximate surface area is 150 Å². The maximum absolute atomic E-state index is 10.8. The van der Waals surface area contributed by atoms with E-state index in [2.05, 4.69) is 30.9 Å². The Morgan fingerprint density at radius 2 is 2.29 bits per heavy atom. The molecule has 17 heavy (non-hydrogen) atoms. The van der Waals surface area contributed by atoms with Crippen LogP contribution in [0.5, 0.6) is 0 Å². The average molecular weight is 283 g/mol. The Bertz CT molecular complexity index is 387. The van der Waals surface area contributed by atoms with Crippen LogP contribution in [0.25, 0.3) is 0 Å². The summed E-state index contributed by atoms with van der Waals surface area (Å²) in [5.41, 5.74) is -0.142. The second kappa shape index (κ2) is 7.25. The van der Waals surface area contributed by atoms with E-state index in [1.165, 1.54) is 18.1 Å². The molecule has 1 rings (SSSR count). The molecule has 0 radical (unpaired) electrons. The van der Waals surface area contributed by atoms with Gasteiger partial charge in [-0.25, -0.2) is 9.67 Å². The molecule has 0 aliphatic rings. The smallest absolute Gasteiger partial charge is 1.00 e. The number of hydrogen-bond donors (Lipinski definition) is 1. The maximum Gasteiger partial charge on any atom is 1.00 e. The standard InChI is InChI=1S/C10H17N3O2S.K.H/c1-5-10(3,4)13-9(11-6-12-13)16-7(2)8(14)15;;/h6-7H,5H2,1-4H3,(H,14,15);;/q;+1;-1. The van der Waals surface area contributed by atoms with Gasteiger partial charge >= 0.3 is 57.4 Å². The van der Waals surface area contributed by atoms with Crippen LogP contribution in [-0.4, -0.2) is 31.1 Å². The van der Waals surface area contributed by atoms with Crippen molar-refractivity contribution in [3.63, 3.8) is 0 Å². The van der Waals surface area contributed by atoms with Crippen molar-refractivity contribution in [2.45, 2.75) is 50.1 Å². The summed E-state index contributed by atoms with van der Waals surface area (Å²) in [4.78, 5) is 14.9. The second-order valence-electron chi connectivity index (χ2n) is 4.22. The predicted molar refractivity (Wildman–Crippen MR) is 63.7 cm³/mol. The van der Waals surface area contributed by atoms with Crippen molar-refractivity contribution in [1.29, 1.82) is 0 Å². The zero-order valence-electron chi connectivity index (χ0n) is 12.0. The van der Waals surface area contributed by atoms with Crippen molar-refractivity contribution in [2.24, 2.45) is 0 Å². The largest absolute Gasteiger partial charge is 1.00 e. The van der Waals surface area contributed by atoms with E-state index in [0.717, 1.165) is 6.42 Å². The topological polar surface area (TPSA) is 68.0 Å². The van der Waals surface area contributed by atoms with Gasteiger partial charge in [0.25, 0.3) is 0 Å². The number of carboxylic acids is 1. The molecule has 92 valence electrons. The summed E-state index contributed by atoms with van der Waals surface area (Å²) in [6.07, 6.45) is 2.37. The number of rotatable bonds is 5. The van der Waals surface area contributed by atoms with E-state index in [4.69, 9.17) is 5.11 Å². The molecule has 0 amide bonds. The Morgan fingerprint density at radius 1 is 1.71 bits per heavy atom. The fourth-order valence-corrected chi connectivity index (χ4v) is 2.00. The van der Waals surface area contributed by atoms with E-state index >= 15 is 0 Å². The number of aromatic nitrogens is 3. The fraction of sp³-hybridized carbons (Fsp3) is 0.700. The summed E-state index contributed by atoms with van der Waals surface area (Å²) in [5.74, 6) is -0.839. The molecule has 0 spiro atoms. The summed E-state index contributed by atoms with van der Waals surface area (Å²) in [7, 11) is 0. The molecule has 1 unspecified atom stereocenters. The zero-order chi connectivity index (χ0) is 12.3. The van der Waals surface area contributed by atoms with E-state index in [1.807, 2.05) is 0 Å². The van der Waals surface area contributed by atoms with Crippen molar-refractivity contribution >= 4 is 17.7 Å². The molecule has 1 N–H and O–H groups in total. The molecule has 1 heterocycles. The van der Waals surface area contributed by atoms with Crippen molar-refractivity contribution in [1.82, 2.24) is 14.8 Å². The molecule has 0 bridgehead atoms. The monoisotopic (exact) mass is 283 g/mol. The zero-order valence-corrected chi connectivity index (χ0v) is 14.9. The van der Waals surface area contributed by atoms with Crippen LogP contribution in [-0.2, 0) is 10.3 Å². The van der Waals surface area contributed by atoms with Crippen molar-refractivity contribution in [2.75, 3.05) is 0 Å². The molecule has 7 heteroatoms. The molecule has 0 saturated heterocycles. The van der Waals surface area contributed by atoms with Gasteiger partial charge in [-0.05, 0) is 27.2 Å². The quantitative estimate of drug-likeness (QED) is 0.560. The maximum atomic E-state index is 10.8. The summed E-state index contributed by atoms with van der Waals surface area (Å²) < 4.78 is 1.79. The third-order valence-electron chi connectivity index (χ3n) is 2.59. The minimum Gasteiger partial charge on any atom is -1.00 e. The van der Waals surface area contributed by atoms with E-state index < -0.39 is 11.2 Å². The first-order valence-electron chi connectivity index (χ1n) is 5.18. The van der Waals surface area contributed by atoms with Crippen LogP contribution in [0.3, 0.4) is 0 Å². The molecular formula is C10H18KN3O2S. The molecule has 0 saturated carbocycles. The predicted octanol–water partition coefficient (Wildman–Crippen LogP) is -0.895. The average Bonchev–Trinajstić information content (AvgIpc) is 2.66. The van der Waals surface area contributed by atoms with Crippen LogP contribution < -0.4 is 51.4 Å². The van der Waals surface area contributed by atoms with Crippen LogP contribution >= 0.6 is 11.8 Å². The van der Waals surface area contributed by atoms with Gasteiger partial charge in [-0.2, -0.15) is 5.10 Å². The SMILES string of the molecule is CCC(C)(C)n1ncnc1SC(C)C(=O)O.[H-].[K+]. The summed E-state index contributed by atoms with van der Waals surface area (Å²) in [5, 5.41) is 13.2. The molecule has 5 nitrogen and oxygen atoms in total. The number of thioether (sulfide) groups is 1. The molecule has 0 aromatic carbocycles. The van der Waals surface area contributed by atoms with Crippen LogP contribution in [0.15, 0.2) is 11.5 Å². The molecule has 0 aliphatic carbocycles. The first-order valence-corrected chi connectivity index (χ1v) is 6.06. The number of carboxylic acid groups (broad SMARTS) is 1. The van der Waals surface area contributed by atoms with E-state index in [9.17, 15) is 4.79 Å². The molecule has 1 aromatic rings. The Balaban J connectivity index is 0. The van der Waals surface area contributed by atoms with Crippen LogP contribution in [0.2, 0.25) is 0 Å². The van der Waals surface area contributed by atoms with Gasteiger partial charge in [-0.1, -0.05) is 18.7 Å². The number of aliphatic carboxylic acids is 1. The summed E-state index contributed by atoms with van der Waals surface area (Å²) in [6.45, 7) is 7.82. The van der Waals surface area contributed by atoms with Gasteiger partial charge in [0.2, 0.25) is 0 Å². The van der Waals surface area contributed by atoms with Crippen LogP contribution in [0.4, 0.5) is 0 Å². The number of hydrogen-bond acceptors (Lipinski definition) is 4. The van der Waals surface area contributed by atoms with Gasteiger partial charge in [-0.3, -0.25) is 4.79 Å². The van der Waals surface area contributed by atoms with Gasteiger partial charge < -0.3 is 6.53 Å². The normalized spacial score (nSPS) is 12.9. The summed E-state index contributed by atoms with van der Waals surface area (Å²) >= 11 is 1.22. The molecule has 1 atom stereocenters.